The van der Waals surface area contributed by atoms with Crippen LogP contribution in [0, 0.1) is 6.92 Å². The molecule has 2 rings (SSSR count). The monoisotopic (exact) mass is 203 g/mol. The maximum atomic E-state index is 5.48. The zero-order valence-electron chi connectivity index (χ0n) is 7.58. The molecule has 0 bridgehead atoms. The summed E-state index contributed by atoms with van der Waals surface area (Å²) < 4.78 is 10.8. The second kappa shape index (κ2) is 4.65. The molecule has 1 atom stereocenters. The van der Waals surface area contributed by atoms with E-state index in [1.54, 1.807) is 0 Å². The predicted molar refractivity (Wildman–Crippen MR) is 52.3 cm³/mol. The zero-order chi connectivity index (χ0) is 8.39. The Bertz CT molecular complexity index is 256. The van der Waals surface area contributed by atoms with Crippen molar-refractivity contribution in [3.8, 4) is 0 Å². The number of ether oxygens (including phenoxy) is 1. The van der Waals surface area contributed by atoms with Crippen LogP contribution in [0.3, 0.4) is 0 Å². The molecule has 0 aliphatic carbocycles. The van der Waals surface area contributed by atoms with Gasteiger partial charge < -0.3 is 14.5 Å². The first-order valence-electron chi connectivity index (χ1n) is 4.24. The Morgan fingerprint density at radius 2 is 2.31 bits per heavy atom. The number of aryl methyl sites for hydroxylation is 1. The lowest BCUT2D eigenvalue weighted by molar-refractivity contribution is 0.0696. The van der Waals surface area contributed by atoms with Gasteiger partial charge in [-0.15, -0.1) is 12.4 Å². The van der Waals surface area contributed by atoms with Gasteiger partial charge in [-0.25, -0.2) is 0 Å². The molecule has 1 saturated heterocycles. The average molecular weight is 204 g/mol. The Morgan fingerprint density at radius 1 is 1.46 bits per heavy atom. The summed E-state index contributed by atoms with van der Waals surface area (Å²) in [5, 5.41) is 3.33. The SMILES string of the molecule is Cc1ccc([C@H]2COCCN2)o1.Cl. The molecule has 1 aliphatic rings. The molecule has 3 nitrogen and oxygen atoms in total. The maximum Gasteiger partial charge on any atom is 0.123 e. The molecule has 0 amide bonds. The summed E-state index contributed by atoms with van der Waals surface area (Å²) in [5.41, 5.74) is 0. The van der Waals surface area contributed by atoms with E-state index in [9.17, 15) is 0 Å². The quantitative estimate of drug-likeness (QED) is 0.754. The highest BCUT2D eigenvalue weighted by Gasteiger charge is 2.17. The van der Waals surface area contributed by atoms with E-state index in [0.717, 1.165) is 24.7 Å². The topological polar surface area (TPSA) is 34.4 Å². The Balaban J connectivity index is 0.000000845. The highest BCUT2D eigenvalue weighted by Crippen LogP contribution is 2.17. The molecule has 1 aromatic rings. The highest BCUT2D eigenvalue weighted by atomic mass is 35.5. The van der Waals surface area contributed by atoms with E-state index in [2.05, 4.69) is 5.32 Å². The van der Waals surface area contributed by atoms with Crippen molar-refractivity contribution in [3.05, 3.63) is 23.7 Å². The number of halogens is 1. The van der Waals surface area contributed by atoms with Crippen LogP contribution >= 0.6 is 12.4 Å². The number of furan rings is 1. The van der Waals surface area contributed by atoms with Crippen LogP contribution in [0.1, 0.15) is 17.6 Å². The van der Waals surface area contributed by atoms with Crippen molar-refractivity contribution < 1.29 is 9.15 Å². The van der Waals surface area contributed by atoms with Crippen molar-refractivity contribution in [3.63, 3.8) is 0 Å². The van der Waals surface area contributed by atoms with Gasteiger partial charge in [0.25, 0.3) is 0 Å². The van der Waals surface area contributed by atoms with Crippen LogP contribution in [-0.4, -0.2) is 19.8 Å². The third-order valence-corrected chi connectivity index (χ3v) is 2.03. The van der Waals surface area contributed by atoms with Gasteiger partial charge in [-0.1, -0.05) is 0 Å². The summed E-state index contributed by atoms with van der Waals surface area (Å²) >= 11 is 0. The first-order chi connectivity index (χ1) is 5.86. The van der Waals surface area contributed by atoms with Crippen molar-refractivity contribution in [2.75, 3.05) is 19.8 Å². The second-order valence-electron chi connectivity index (χ2n) is 3.03. The van der Waals surface area contributed by atoms with Gasteiger partial charge in [0.1, 0.15) is 11.5 Å². The summed E-state index contributed by atoms with van der Waals surface area (Å²) in [7, 11) is 0. The van der Waals surface area contributed by atoms with Crippen molar-refractivity contribution in [1.29, 1.82) is 0 Å². The average Bonchev–Trinajstić information content (AvgIpc) is 2.54. The van der Waals surface area contributed by atoms with Gasteiger partial charge in [0.15, 0.2) is 0 Å². The molecule has 4 heteroatoms. The van der Waals surface area contributed by atoms with Gasteiger partial charge in [0, 0.05) is 6.54 Å². The summed E-state index contributed by atoms with van der Waals surface area (Å²) in [5.74, 6) is 1.93. The first kappa shape index (κ1) is 10.6. The minimum absolute atomic E-state index is 0. The number of rotatable bonds is 1. The smallest absolute Gasteiger partial charge is 0.123 e. The minimum atomic E-state index is 0. The third-order valence-electron chi connectivity index (χ3n) is 2.03. The summed E-state index contributed by atoms with van der Waals surface area (Å²) in [4.78, 5) is 0. The van der Waals surface area contributed by atoms with E-state index in [4.69, 9.17) is 9.15 Å². The molecule has 2 heterocycles. The van der Waals surface area contributed by atoms with E-state index < -0.39 is 0 Å². The van der Waals surface area contributed by atoms with E-state index in [1.165, 1.54) is 0 Å². The molecule has 1 fully saturated rings. The van der Waals surface area contributed by atoms with E-state index in [0.29, 0.717) is 6.61 Å². The Morgan fingerprint density at radius 3 is 2.85 bits per heavy atom. The number of nitrogens with one attached hydrogen (secondary N) is 1. The molecule has 1 aliphatic heterocycles. The van der Waals surface area contributed by atoms with Crippen LogP contribution in [0.25, 0.3) is 0 Å². The molecule has 0 radical (unpaired) electrons. The maximum absolute atomic E-state index is 5.48. The normalized spacial score (nSPS) is 22.4. The van der Waals surface area contributed by atoms with Gasteiger partial charge in [0.2, 0.25) is 0 Å². The fraction of sp³-hybridized carbons (Fsp3) is 0.556. The van der Waals surface area contributed by atoms with E-state index in [1.807, 2.05) is 19.1 Å². The molecule has 1 aromatic heterocycles. The molecule has 13 heavy (non-hydrogen) atoms. The van der Waals surface area contributed by atoms with Gasteiger partial charge in [-0.05, 0) is 19.1 Å². The summed E-state index contributed by atoms with van der Waals surface area (Å²) in [6, 6.07) is 4.22. The molecular formula is C9H14ClNO2. The zero-order valence-corrected chi connectivity index (χ0v) is 8.39. The molecule has 0 aromatic carbocycles. The molecular weight excluding hydrogens is 190 g/mol. The molecule has 1 N–H and O–H groups in total. The fourth-order valence-electron chi connectivity index (χ4n) is 1.39. The van der Waals surface area contributed by atoms with Crippen molar-refractivity contribution in [2.24, 2.45) is 0 Å². The standard InChI is InChI=1S/C9H13NO2.ClH/c1-7-2-3-9(12-7)8-6-11-5-4-10-8;/h2-3,8,10H,4-6H2,1H3;1H/t8-;/m1./s1. The Hall–Kier alpha value is -0.510. The van der Waals surface area contributed by atoms with Gasteiger partial charge in [0.05, 0.1) is 19.3 Å². The fourth-order valence-corrected chi connectivity index (χ4v) is 1.39. The van der Waals surface area contributed by atoms with Crippen molar-refractivity contribution in [2.45, 2.75) is 13.0 Å². The van der Waals surface area contributed by atoms with Crippen LogP contribution in [0.15, 0.2) is 16.5 Å². The number of hydrogen-bond acceptors (Lipinski definition) is 3. The predicted octanol–water partition coefficient (Wildman–Crippen LogP) is 1.67. The largest absolute Gasteiger partial charge is 0.465 e. The number of morpholine rings is 1. The van der Waals surface area contributed by atoms with Crippen LogP contribution in [0.2, 0.25) is 0 Å². The molecule has 0 saturated carbocycles. The van der Waals surface area contributed by atoms with E-state index in [-0.39, 0.29) is 18.4 Å². The number of hydrogen-bond donors (Lipinski definition) is 1. The van der Waals surface area contributed by atoms with E-state index >= 15 is 0 Å². The lowest BCUT2D eigenvalue weighted by Crippen LogP contribution is -2.34. The minimum Gasteiger partial charge on any atom is -0.465 e. The third kappa shape index (κ3) is 2.46. The first-order valence-corrected chi connectivity index (χ1v) is 4.24. The Kier molecular flexibility index (Phi) is 3.78. The van der Waals surface area contributed by atoms with Crippen LogP contribution < -0.4 is 5.32 Å². The van der Waals surface area contributed by atoms with Crippen LogP contribution in [0.5, 0.6) is 0 Å². The summed E-state index contributed by atoms with van der Waals surface area (Å²) in [6.07, 6.45) is 0. The molecule has 74 valence electrons. The molecule has 0 spiro atoms. The lowest BCUT2D eigenvalue weighted by atomic mass is 10.2. The van der Waals surface area contributed by atoms with Crippen LogP contribution in [-0.2, 0) is 4.74 Å². The second-order valence-corrected chi connectivity index (χ2v) is 3.03. The molecule has 0 unspecified atom stereocenters. The van der Waals surface area contributed by atoms with Gasteiger partial charge in [-0.2, -0.15) is 0 Å². The van der Waals surface area contributed by atoms with Crippen molar-refractivity contribution in [1.82, 2.24) is 5.32 Å². The van der Waals surface area contributed by atoms with Gasteiger partial charge in [-0.3, -0.25) is 0 Å². The van der Waals surface area contributed by atoms with Gasteiger partial charge >= 0.3 is 0 Å². The Labute approximate surface area is 83.9 Å². The highest BCUT2D eigenvalue weighted by molar-refractivity contribution is 5.85. The lowest BCUT2D eigenvalue weighted by Gasteiger charge is -2.21. The summed E-state index contributed by atoms with van der Waals surface area (Å²) in [6.45, 7) is 4.38. The van der Waals surface area contributed by atoms with Crippen molar-refractivity contribution >= 4 is 12.4 Å². The van der Waals surface area contributed by atoms with Crippen LogP contribution in [0.4, 0.5) is 0 Å².